The number of benzene rings is 1. The van der Waals surface area contributed by atoms with Gasteiger partial charge in [-0.1, -0.05) is 12.1 Å². The van der Waals surface area contributed by atoms with Gasteiger partial charge in [0.1, 0.15) is 5.75 Å². The lowest BCUT2D eigenvalue weighted by molar-refractivity contribution is -0.0531. The van der Waals surface area contributed by atoms with Crippen LogP contribution in [0, 0.1) is 0 Å². The number of hydrogen-bond donors (Lipinski definition) is 2. The first-order chi connectivity index (χ1) is 9.74. The van der Waals surface area contributed by atoms with Crippen LogP contribution in [0.15, 0.2) is 34.5 Å². The van der Waals surface area contributed by atoms with Crippen LogP contribution in [-0.2, 0) is 9.47 Å². The van der Waals surface area contributed by atoms with Crippen molar-refractivity contribution >= 4 is 12.2 Å². The second-order valence-corrected chi connectivity index (χ2v) is 4.15. The van der Waals surface area contributed by atoms with E-state index in [-0.39, 0.29) is 12.2 Å². The van der Waals surface area contributed by atoms with Gasteiger partial charge in [-0.25, -0.2) is 0 Å². The Morgan fingerprint density at radius 3 is 2.90 bits per heavy atom. The lowest BCUT2D eigenvalue weighted by Crippen LogP contribution is -2.21. The molecule has 1 aromatic carbocycles. The molecular weight excluding hydrogens is 260 g/mol. The van der Waals surface area contributed by atoms with Crippen molar-refractivity contribution in [3.8, 4) is 5.75 Å². The molecule has 0 unspecified atom stereocenters. The SMILES string of the molecule is NC(N)=NN=Cc1cccc(OCCC2OCCO2)c1. The Balaban J connectivity index is 1.82. The van der Waals surface area contributed by atoms with Gasteiger partial charge in [0, 0.05) is 6.42 Å². The van der Waals surface area contributed by atoms with E-state index in [0.717, 1.165) is 11.3 Å². The standard InChI is InChI=1S/C13H18N4O3/c14-13(15)17-16-9-10-2-1-3-11(8-10)18-5-4-12-19-6-7-20-12/h1-3,8-9,12H,4-7H2,(H4,14,15,17). The minimum Gasteiger partial charge on any atom is -0.493 e. The van der Waals surface area contributed by atoms with Gasteiger partial charge in [-0.15, -0.1) is 5.10 Å². The first kappa shape index (κ1) is 14.3. The van der Waals surface area contributed by atoms with E-state index in [2.05, 4.69) is 10.2 Å². The average Bonchev–Trinajstić information content (AvgIpc) is 2.92. The van der Waals surface area contributed by atoms with Crippen LogP contribution in [0.4, 0.5) is 0 Å². The summed E-state index contributed by atoms with van der Waals surface area (Å²) in [5.41, 5.74) is 11.2. The zero-order chi connectivity index (χ0) is 14.2. The van der Waals surface area contributed by atoms with Gasteiger partial charge in [-0.2, -0.15) is 5.10 Å². The number of ether oxygens (including phenoxy) is 3. The summed E-state index contributed by atoms with van der Waals surface area (Å²) in [6, 6.07) is 7.47. The molecular formula is C13H18N4O3. The van der Waals surface area contributed by atoms with Crippen LogP contribution < -0.4 is 16.2 Å². The quantitative estimate of drug-likeness (QED) is 0.446. The summed E-state index contributed by atoms with van der Waals surface area (Å²) in [5.74, 6) is 0.668. The molecule has 1 saturated heterocycles. The summed E-state index contributed by atoms with van der Waals surface area (Å²) in [6.07, 6.45) is 2.10. The third kappa shape index (κ3) is 4.87. The predicted molar refractivity (Wildman–Crippen MR) is 75.6 cm³/mol. The van der Waals surface area contributed by atoms with Crippen molar-refractivity contribution in [2.45, 2.75) is 12.7 Å². The van der Waals surface area contributed by atoms with Gasteiger partial charge < -0.3 is 25.7 Å². The Morgan fingerprint density at radius 2 is 2.15 bits per heavy atom. The number of nitrogens with two attached hydrogens (primary N) is 2. The molecule has 108 valence electrons. The molecule has 1 aliphatic heterocycles. The highest BCUT2D eigenvalue weighted by Gasteiger charge is 2.15. The van der Waals surface area contributed by atoms with Gasteiger partial charge in [0.25, 0.3) is 0 Å². The van der Waals surface area contributed by atoms with Gasteiger partial charge in [0.15, 0.2) is 6.29 Å². The largest absolute Gasteiger partial charge is 0.493 e. The first-order valence-corrected chi connectivity index (χ1v) is 6.32. The summed E-state index contributed by atoms with van der Waals surface area (Å²) in [5, 5.41) is 7.27. The first-order valence-electron chi connectivity index (χ1n) is 6.32. The zero-order valence-corrected chi connectivity index (χ0v) is 11.1. The molecule has 0 atom stereocenters. The molecule has 7 heteroatoms. The lowest BCUT2D eigenvalue weighted by Gasteiger charge is -2.10. The van der Waals surface area contributed by atoms with Crippen molar-refractivity contribution in [1.82, 2.24) is 0 Å². The fraction of sp³-hybridized carbons (Fsp3) is 0.385. The predicted octanol–water partition coefficient (Wildman–Crippen LogP) is 0.436. The van der Waals surface area contributed by atoms with Gasteiger partial charge in [0.2, 0.25) is 5.96 Å². The van der Waals surface area contributed by atoms with Crippen LogP contribution in [0.25, 0.3) is 0 Å². The second kappa shape index (κ2) is 7.46. The van der Waals surface area contributed by atoms with Crippen molar-refractivity contribution in [1.29, 1.82) is 0 Å². The molecule has 0 aromatic heterocycles. The maximum Gasteiger partial charge on any atom is 0.211 e. The van der Waals surface area contributed by atoms with E-state index in [1.807, 2.05) is 24.3 Å². The van der Waals surface area contributed by atoms with E-state index in [9.17, 15) is 0 Å². The van der Waals surface area contributed by atoms with E-state index in [4.69, 9.17) is 25.7 Å². The molecule has 1 aliphatic rings. The molecule has 1 heterocycles. The smallest absolute Gasteiger partial charge is 0.211 e. The molecule has 0 amide bonds. The average molecular weight is 278 g/mol. The maximum atomic E-state index is 5.63. The number of rotatable bonds is 6. The van der Waals surface area contributed by atoms with Gasteiger partial charge in [-0.3, -0.25) is 0 Å². The number of nitrogens with zero attached hydrogens (tertiary/aromatic N) is 2. The van der Waals surface area contributed by atoms with E-state index in [1.165, 1.54) is 0 Å². The zero-order valence-electron chi connectivity index (χ0n) is 11.1. The fourth-order valence-corrected chi connectivity index (χ4v) is 1.69. The maximum absolute atomic E-state index is 5.63. The highest BCUT2D eigenvalue weighted by Crippen LogP contribution is 2.14. The molecule has 0 bridgehead atoms. The minimum atomic E-state index is -0.151. The minimum absolute atomic E-state index is 0.0785. The molecule has 0 aliphatic carbocycles. The third-order valence-corrected chi connectivity index (χ3v) is 2.55. The van der Waals surface area contributed by atoms with Crippen molar-refractivity contribution < 1.29 is 14.2 Å². The normalized spacial score (nSPS) is 15.6. The molecule has 0 saturated carbocycles. The van der Waals surface area contributed by atoms with Crippen molar-refractivity contribution in [3.63, 3.8) is 0 Å². The van der Waals surface area contributed by atoms with Crippen LogP contribution in [0.1, 0.15) is 12.0 Å². The van der Waals surface area contributed by atoms with Crippen molar-refractivity contribution in [2.75, 3.05) is 19.8 Å². The summed E-state index contributed by atoms with van der Waals surface area (Å²) in [4.78, 5) is 0. The Morgan fingerprint density at radius 1 is 1.35 bits per heavy atom. The highest BCUT2D eigenvalue weighted by atomic mass is 16.7. The van der Waals surface area contributed by atoms with Gasteiger partial charge in [0.05, 0.1) is 26.0 Å². The van der Waals surface area contributed by atoms with E-state index in [1.54, 1.807) is 6.21 Å². The summed E-state index contributed by atoms with van der Waals surface area (Å²) in [6.45, 7) is 1.84. The van der Waals surface area contributed by atoms with Crippen LogP contribution >= 0.6 is 0 Å². The lowest BCUT2D eigenvalue weighted by atomic mass is 10.2. The Kier molecular flexibility index (Phi) is 5.33. The number of guanidine groups is 1. The van der Waals surface area contributed by atoms with Crippen LogP contribution in [0.3, 0.4) is 0 Å². The molecule has 2 rings (SSSR count). The van der Waals surface area contributed by atoms with E-state index >= 15 is 0 Å². The van der Waals surface area contributed by atoms with Crippen LogP contribution in [-0.4, -0.2) is 38.3 Å². The summed E-state index contributed by atoms with van der Waals surface area (Å²) < 4.78 is 16.3. The van der Waals surface area contributed by atoms with Crippen molar-refractivity contribution in [3.05, 3.63) is 29.8 Å². The molecule has 1 aromatic rings. The van der Waals surface area contributed by atoms with Gasteiger partial charge in [-0.05, 0) is 17.7 Å². The third-order valence-electron chi connectivity index (χ3n) is 2.55. The molecule has 7 nitrogen and oxygen atoms in total. The van der Waals surface area contributed by atoms with Gasteiger partial charge >= 0.3 is 0 Å². The number of hydrogen-bond acceptors (Lipinski definition) is 5. The van der Waals surface area contributed by atoms with E-state index in [0.29, 0.717) is 26.2 Å². The Labute approximate surface area is 117 Å². The Hall–Kier alpha value is -2.12. The molecule has 20 heavy (non-hydrogen) atoms. The van der Waals surface area contributed by atoms with E-state index < -0.39 is 0 Å². The van der Waals surface area contributed by atoms with Crippen molar-refractivity contribution in [2.24, 2.45) is 21.7 Å². The monoisotopic (exact) mass is 278 g/mol. The summed E-state index contributed by atoms with van der Waals surface area (Å²) >= 11 is 0. The molecule has 0 radical (unpaired) electrons. The van der Waals surface area contributed by atoms with Crippen LogP contribution in [0.2, 0.25) is 0 Å². The Bertz CT molecular complexity index is 480. The molecule has 0 spiro atoms. The molecule has 1 fully saturated rings. The highest BCUT2D eigenvalue weighted by molar-refractivity contribution is 5.81. The topological polar surface area (TPSA) is 104 Å². The molecule has 4 N–H and O–H groups in total. The van der Waals surface area contributed by atoms with Crippen LogP contribution in [0.5, 0.6) is 5.75 Å². The fourth-order valence-electron chi connectivity index (χ4n) is 1.69. The summed E-state index contributed by atoms with van der Waals surface area (Å²) in [7, 11) is 0. The second-order valence-electron chi connectivity index (χ2n) is 4.15.